The monoisotopic (exact) mass is 948 g/mol. The summed E-state index contributed by atoms with van der Waals surface area (Å²) in [7, 11) is 2.26. The van der Waals surface area contributed by atoms with Crippen molar-refractivity contribution in [1.29, 1.82) is 0 Å². The minimum absolute atomic E-state index is 0.00461. The van der Waals surface area contributed by atoms with Crippen molar-refractivity contribution in [2.24, 2.45) is 35.5 Å². The summed E-state index contributed by atoms with van der Waals surface area (Å²) in [6.45, 7) is 5.43. The van der Waals surface area contributed by atoms with Crippen molar-refractivity contribution in [3.8, 4) is 23.0 Å². The number of benzene rings is 2. The van der Waals surface area contributed by atoms with Crippen LogP contribution in [0, 0.1) is 35.5 Å². The first kappa shape index (κ1) is 51.6. The maximum absolute atomic E-state index is 13.4. The Morgan fingerprint density at radius 2 is 0.706 bits per heavy atom. The van der Waals surface area contributed by atoms with Crippen LogP contribution in [-0.4, -0.2) is 87.5 Å². The molecule has 0 radical (unpaired) electrons. The number of esters is 10. The van der Waals surface area contributed by atoms with Gasteiger partial charge in [-0.2, -0.15) is 0 Å². The molecule has 3 saturated carbocycles. The summed E-state index contributed by atoms with van der Waals surface area (Å²) in [5, 5.41) is 0. The maximum atomic E-state index is 13.4. The van der Waals surface area contributed by atoms with E-state index in [9.17, 15) is 47.9 Å². The molecule has 3 fully saturated rings. The lowest BCUT2D eigenvalue weighted by atomic mass is 9.82. The predicted molar refractivity (Wildman–Crippen MR) is 229 cm³/mol. The molecule has 20 nitrogen and oxygen atoms in total. The molecule has 0 spiro atoms. The van der Waals surface area contributed by atoms with E-state index in [0.29, 0.717) is 51.4 Å². The van der Waals surface area contributed by atoms with Crippen molar-refractivity contribution < 1.29 is 95.3 Å². The molecule has 0 atom stereocenters. The van der Waals surface area contributed by atoms with E-state index in [1.54, 1.807) is 0 Å². The SMILES string of the molecule is C=CC(=O)OCOC(=O)C1CCC(C(=O)Oc2ccc(OC(=O)C3CCC(C(=O)Oc4ccc(OC(=O)C5CCC(C(=O)OCOC(=O)C=C)CC5)cc4C(=O)OC)CC3)c(C(=O)OC)c2)CC1. The second-order valence-corrected chi connectivity index (χ2v) is 16.1. The zero-order chi connectivity index (χ0) is 49.3. The second-order valence-electron chi connectivity index (χ2n) is 16.1. The lowest BCUT2D eigenvalue weighted by Crippen LogP contribution is -2.31. The third-order valence-corrected chi connectivity index (χ3v) is 11.9. The first-order chi connectivity index (χ1) is 32.6. The minimum atomic E-state index is -0.862. The minimum Gasteiger partial charge on any atom is -0.465 e. The molecule has 3 aliphatic carbocycles. The molecule has 2 aromatic carbocycles. The van der Waals surface area contributed by atoms with Gasteiger partial charge in [0.05, 0.1) is 49.7 Å². The molecule has 0 bridgehead atoms. The van der Waals surface area contributed by atoms with Gasteiger partial charge in [-0.05, 0) is 113 Å². The Morgan fingerprint density at radius 1 is 0.426 bits per heavy atom. The van der Waals surface area contributed by atoms with Gasteiger partial charge >= 0.3 is 59.7 Å². The van der Waals surface area contributed by atoms with E-state index < -0.39 is 109 Å². The molecule has 2 aromatic rings. The first-order valence-corrected chi connectivity index (χ1v) is 21.9. The Labute approximate surface area is 390 Å². The summed E-state index contributed by atoms with van der Waals surface area (Å²) < 4.78 is 51.4. The molecular weight excluding hydrogens is 897 g/mol. The third kappa shape index (κ3) is 14.3. The van der Waals surface area contributed by atoms with Crippen LogP contribution in [0.5, 0.6) is 23.0 Å². The Kier molecular flexibility index (Phi) is 18.9. The van der Waals surface area contributed by atoms with Crippen LogP contribution in [0.25, 0.3) is 0 Å². The molecule has 5 rings (SSSR count). The van der Waals surface area contributed by atoms with Crippen molar-refractivity contribution in [3.05, 3.63) is 72.8 Å². The summed E-state index contributed by atoms with van der Waals surface area (Å²) >= 11 is 0. The number of carbonyl (C=O) groups excluding carboxylic acids is 10. The lowest BCUT2D eigenvalue weighted by molar-refractivity contribution is -0.170. The van der Waals surface area contributed by atoms with Crippen LogP contribution >= 0.6 is 0 Å². The quantitative estimate of drug-likeness (QED) is 0.0590. The third-order valence-electron chi connectivity index (χ3n) is 11.9. The van der Waals surface area contributed by atoms with E-state index in [1.165, 1.54) is 36.4 Å². The Balaban J connectivity index is 1.09. The number of hydrogen-bond donors (Lipinski definition) is 0. The predicted octanol–water partition coefficient (Wildman–Crippen LogP) is 5.46. The molecule has 0 aromatic heterocycles. The van der Waals surface area contributed by atoms with Gasteiger partial charge < -0.3 is 47.4 Å². The van der Waals surface area contributed by atoms with Gasteiger partial charge in [0.2, 0.25) is 13.6 Å². The highest BCUT2D eigenvalue weighted by molar-refractivity contribution is 5.95. The summed E-state index contributed by atoms with van der Waals surface area (Å²) in [5.41, 5.74) is -0.355. The fraction of sp³-hybridized carbons (Fsp3) is 0.458. The average molecular weight is 949 g/mol. The summed E-state index contributed by atoms with van der Waals surface area (Å²) in [4.78, 5) is 125. The van der Waals surface area contributed by atoms with Gasteiger partial charge in [0.25, 0.3) is 0 Å². The zero-order valence-electron chi connectivity index (χ0n) is 37.6. The summed E-state index contributed by atoms with van der Waals surface area (Å²) in [6, 6.07) is 7.75. The van der Waals surface area contributed by atoms with Crippen molar-refractivity contribution in [1.82, 2.24) is 0 Å². The van der Waals surface area contributed by atoms with Gasteiger partial charge in [0, 0.05) is 12.2 Å². The Bertz CT molecular complexity index is 2100. The van der Waals surface area contributed by atoms with Crippen LogP contribution in [-0.2, 0) is 66.8 Å². The van der Waals surface area contributed by atoms with Crippen molar-refractivity contribution in [2.45, 2.75) is 77.0 Å². The molecule has 68 heavy (non-hydrogen) atoms. The van der Waals surface area contributed by atoms with Crippen molar-refractivity contribution in [2.75, 3.05) is 27.8 Å². The van der Waals surface area contributed by atoms with Crippen LogP contribution in [0.15, 0.2) is 61.7 Å². The van der Waals surface area contributed by atoms with Gasteiger partial charge in [0.15, 0.2) is 0 Å². The molecule has 0 amide bonds. The summed E-state index contributed by atoms with van der Waals surface area (Å²) in [6.07, 6.45) is 5.37. The number of methoxy groups -OCH3 is 2. The van der Waals surface area contributed by atoms with E-state index in [0.717, 1.165) is 26.4 Å². The standard InChI is InChI=1S/C48H52O20/c1-5-39(49)61-25-63-41(51)27-7-11-29(12-8-27)43(53)65-33-19-21-37(35(23-33)47(57)59-3)67-45(55)31-15-17-32(18-16-31)46(56)68-38-22-20-34(24-36(38)48(58)60-4)66-44(54)30-13-9-28(10-14-30)42(52)64-26-62-40(50)6-2/h5-6,19-24,27-32H,1-2,7-18,25-26H2,3-4H3. The smallest absolute Gasteiger partial charge is 0.341 e. The van der Waals surface area contributed by atoms with Gasteiger partial charge in [-0.15, -0.1) is 0 Å². The zero-order valence-corrected chi connectivity index (χ0v) is 37.6. The van der Waals surface area contributed by atoms with E-state index in [-0.39, 0.29) is 59.8 Å². The topological polar surface area (TPSA) is 263 Å². The molecule has 0 aliphatic heterocycles. The van der Waals surface area contributed by atoms with Crippen LogP contribution in [0.2, 0.25) is 0 Å². The maximum Gasteiger partial charge on any atom is 0.341 e. The number of ether oxygens (including phenoxy) is 10. The fourth-order valence-electron chi connectivity index (χ4n) is 7.98. The van der Waals surface area contributed by atoms with E-state index in [4.69, 9.17) is 37.9 Å². The van der Waals surface area contributed by atoms with Gasteiger partial charge in [-0.3, -0.25) is 28.8 Å². The largest absolute Gasteiger partial charge is 0.465 e. The van der Waals surface area contributed by atoms with Crippen LogP contribution in [0.1, 0.15) is 97.8 Å². The lowest BCUT2D eigenvalue weighted by Gasteiger charge is -2.26. The number of carbonyl (C=O) groups is 10. The molecule has 3 aliphatic rings. The molecule has 0 N–H and O–H groups in total. The van der Waals surface area contributed by atoms with Crippen LogP contribution in [0.4, 0.5) is 0 Å². The normalized spacial score (nSPS) is 20.9. The number of rotatable bonds is 18. The molecule has 20 heteroatoms. The van der Waals surface area contributed by atoms with Gasteiger partial charge in [-0.25, -0.2) is 19.2 Å². The fourth-order valence-corrected chi connectivity index (χ4v) is 7.98. The first-order valence-electron chi connectivity index (χ1n) is 21.9. The Hall–Kier alpha value is -7.38. The highest BCUT2D eigenvalue weighted by Crippen LogP contribution is 2.36. The highest BCUT2D eigenvalue weighted by Gasteiger charge is 2.36. The van der Waals surface area contributed by atoms with Crippen molar-refractivity contribution in [3.63, 3.8) is 0 Å². The van der Waals surface area contributed by atoms with E-state index in [1.807, 2.05) is 0 Å². The van der Waals surface area contributed by atoms with Gasteiger partial charge in [0.1, 0.15) is 34.1 Å². The Morgan fingerprint density at radius 3 is 0.985 bits per heavy atom. The second kappa shape index (κ2) is 24.9. The molecule has 0 unspecified atom stereocenters. The number of hydrogen-bond acceptors (Lipinski definition) is 20. The average Bonchev–Trinajstić information content (AvgIpc) is 3.36. The van der Waals surface area contributed by atoms with Crippen LogP contribution < -0.4 is 18.9 Å². The summed E-state index contributed by atoms with van der Waals surface area (Å²) in [5.74, 6) is -10.5. The molecular formula is C48H52O20. The molecule has 0 saturated heterocycles. The molecule has 364 valence electrons. The van der Waals surface area contributed by atoms with E-state index in [2.05, 4.69) is 22.6 Å². The highest BCUT2D eigenvalue weighted by atomic mass is 16.7. The molecule has 0 heterocycles. The van der Waals surface area contributed by atoms with Crippen LogP contribution in [0.3, 0.4) is 0 Å². The van der Waals surface area contributed by atoms with Crippen molar-refractivity contribution >= 4 is 59.7 Å². The van der Waals surface area contributed by atoms with Gasteiger partial charge in [-0.1, -0.05) is 13.2 Å². The van der Waals surface area contributed by atoms with E-state index >= 15 is 0 Å².